The van der Waals surface area contributed by atoms with Crippen LogP contribution >= 0.6 is 0 Å². The summed E-state index contributed by atoms with van der Waals surface area (Å²) in [6.07, 6.45) is -10.7. The Bertz CT molecular complexity index is 2550. The molecule has 0 spiro atoms. The van der Waals surface area contributed by atoms with Crippen molar-refractivity contribution in [2.45, 2.75) is 150 Å². The molecule has 3 rings (SSSR count). The zero-order valence-corrected chi connectivity index (χ0v) is 45.4. The van der Waals surface area contributed by atoms with Crippen molar-refractivity contribution >= 4 is 41.8 Å². The fourth-order valence-electron chi connectivity index (χ4n) is 3.95. The first-order valence-electron chi connectivity index (χ1n) is 26.7. The minimum atomic E-state index is -5.86. The molecule has 428 valence electrons. The Morgan fingerprint density at radius 2 is 0.813 bits per heavy atom. The first kappa shape index (κ1) is 59.5. The van der Waals surface area contributed by atoms with Crippen LogP contribution in [0.2, 0.25) is 0 Å². The normalized spacial score (nSPS) is 12.4. The van der Waals surface area contributed by atoms with Crippen molar-refractivity contribution in [2.75, 3.05) is 26.9 Å². The number of aliphatic hydroxyl groups excluding tert-OH is 4. The average Bonchev–Trinajstić information content (AvgIpc) is 3.36. The van der Waals surface area contributed by atoms with Gasteiger partial charge in [-0.25, -0.2) is 0 Å². The fraction of sp³-hybridized carbons (Fsp3) is 0.519. The number of benzene rings is 3. The molecule has 0 aromatic heterocycles. The first-order valence-corrected chi connectivity index (χ1v) is 25.2. The number of aliphatic hydroxyl groups is 4. The third-order valence-electron chi connectivity index (χ3n) is 6.58. The second-order valence-electron chi connectivity index (χ2n) is 15.3. The van der Waals surface area contributed by atoms with Gasteiger partial charge in [-0.05, 0) is 77.4 Å². The zero-order valence-electron chi connectivity index (χ0n) is 52.7. The van der Waals surface area contributed by atoms with Gasteiger partial charge in [-0.2, -0.15) is 0 Å². The van der Waals surface area contributed by atoms with Gasteiger partial charge in [-0.3, -0.25) is 33.6 Å². The van der Waals surface area contributed by atoms with E-state index in [-0.39, 0.29) is 45.2 Å². The van der Waals surface area contributed by atoms with Gasteiger partial charge in [0.25, 0.3) is 0 Å². The molecule has 22 nitrogen and oxygen atoms in total. The van der Waals surface area contributed by atoms with Crippen LogP contribution in [0.3, 0.4) is 0 Å². The minimum absolute atomic E-state index is 0.0282. The summed E-state index contributed by atoms with van der Waals surface area (Å²) in [5, 5.41) is 46.0. The Balaban J connectivity index is -0.000000298. The Kier molecular flexibility index (Phi) is 39.5. The van der Waals surface area contributed by atoms with Crippen LogP contribution in [-0.4, -0.2) is 112 Å². The molecular weight excluding hydrogens is 1080 g/mol. The molecule has 0 radical (unpaired) electrons. The fourth-order valence-corrected chi connectivity index (χ4v) is 3.95. The maximum atomic E-state index is 11.3. The van der Waals surface area contributed by atoms with Crippen molar-refractivity contribution in [1.29, 1.82) is 1.43 Å². The van der Waals surface area contributed by atoms with Gasteiger partial charge in [0, 0.05) is 57.1 Å². The number of ether oxygens (including phenoxy) is 5. The second kappa shape index (κ2) is 49.8. The topological polar surface area (TPSA) is 355 Å². The number of esters is 5. The summed E-state index contributed by atoms with van der Waals surface area (Å²) >= 11 is -5.86. The van der Waals surface area contributed by atoms with Crippen molar-refractivity contribution in [3.05, 3.63) is 108 Å². The van der Waals surface area contributed by atoms with E-state index in [1.165, 1.54) is 7.11 Å². The molecule has 0 amide bonds. The Hall–Kier alpha value is -6.39. The predicted octanol–water partition coefficient (Wildman–Crippen LogP) is 7.05. The van der Waals surface area contributed by atoms with Crippen LogP contribution in [0.5, 0.6) is 0 Å². The molecule has 0 aliphatic carbocycles. The summed E-state index contributed by atoms with van der Waals surface area (Å²) in [5.41, 5.74) is 1.15. The van der Waals surface area contributed by atoms with E-state index >= 15 is 0 Å². The van der Waals surface area contributed by atoms with Crippen LogP contribution < -0.4 is 0 Å². The van der Waals surface area contributed by atoms with Crippen molar-refractivity contribution in [1.82, 2.24) is 0 Å². The number of hydrogen-bond donors (Lipinski definition) is 6. The summed E-state index contributed by atoms with van der Waals surface area (Å²) in [7, 11) is 1.29. The van der Waals surface area contributed by atoms with Crippen LogP contribution in [0.1, 0.15) is 147 Å². The Morgan fingerprint density at radius 3 is 1.12 bits per heavy atom. The van der Waals surface area contributed by atoms with E-state index in [4.69, 9.17) is 75.9 Å². The summed E-state index contributed by atoms with van der Waals surface area (Å²) in [4.78, 5) is 76.5. The summed E-state index contributed by atoms with van der Waals surface area (Å²) in [6, 6.07) is 27.3. The Morgan fingerprint density at radius 1 is 0.480 bits per heavy atom. The Labute approximate surface area is 454 Å². The molecule has 0 aliphatic heterocycles. The van der Waals surface area contributed by atoms with Crippen LogP contribution in [0, 0.1) is 0 Å². The van der Waals surface area contributed by atoms with E-state index in [1.807, 2.05) is 62.4 Å². The summed E-state index contributed by atoms with van der Waals surface area (Å²) in [6.45, 7) is 13.3. The standard InChI is InChI=1S/C11H12O4.2C11H14O3.C8H14O4.C8H16O3.C2H6.CH4O.4O.Ru/c12-10(13)6-7-11(14)15-8-9-4-2-1-3-5-9;2*12-8-4-7-11(13)14-9-10-5-2-1-3-6-10;1-8(2,3)12-7(11)5-4-6(9)10;1-8(2,3)11-7(10)5-4-6-9;2*1-2;;;;;/h1-5H,6-8H2,(H,12,13);2*1-3,5-6,12H,4,7-9H2;4-5H2,1-3H3,(H,9,10);9H,4-6H2,1-3H3;1-2H3;2H,1H3;;;;;/i2*7D2;;2*4D2;;2D;;;;;. The van der Waals surface area contributed by atoms with E-state index in [1.54, 1.807) is 84.0 Å². The molecule has 0 fully saturated rings. The molecule has 0 unspecified atom stereocenters. The van der Waals surface area contributed by atoms with Gasteiger partial charge in [0.2, 0.25) is 1.43 Å². The second-order valence-corrected chi connectivity index (χ2v) is 17.0. The van der Waals surface area contributed by atoms with Crippen molar-refractivity contribution in [3.8, 4) is 0 Å². The predicted molar refractivity (Wildman–Crippen MR) is 265 cm³/mol. The first-order chi connectivity index (χ1) is 38.4. The van der Waals surface area contributed by atoms with Crippen molar-refractivity contribution < 1.29 is 128 Å². The van der Waals surface area contributed by atoms with Gasteiger partial charge in [0.05, 0.1) is 25.6 Å². The van der Waals surface area contributed by atoms with Gasteiger partial charge in [-0.1, -0.05) is 105 Å². The van der Waals surface area contributed by atoms with Gasteiger partial charge >= 0.3 is 70.7 Å². The third-order valence-corrected chi connectivity index (χ3v) is 6.58. The molecule has 0 atom stereocenters. The molecule has 6 N–H and O–H groups in total. The van der Waals surface area contributed by atoms with E-state index in [2.05, 4.69) is 5.11 Å². The maximum absolute atomic E-state index is 11.3. The number of carboxylic acid groups (broad SMARTS) is 2. The monoisotopic (exact) mass is 1170 g/mol. The number of carboxylic acids is 2. The molecule has 0 saturated heterocycles. The van der Waals surface area contributed by atoms with Crippen LogP contribution in [0.4, 0.5) is 0 Å². The average molecular weight is 1170 g/mol. The quantitative estimate of drug-likeness (QED) is 0.0353. The number of hydrogen-bond acceptors (Lipinski definition) is 20. The molecule has 75 heavy (non-hydrogen) atoms. The van der Waals surface area contributed by atoms with Crippen molar-refractivity contribution in [3.63, 3.8) is 0 Å². The van der Waals surface area contributed by atoms with Crippen LogP contribution in [0.25, 0.3) is 0 Å². The molecule has 0 heterocycles. The number of rotatable bonds is 21. The summed E-state index contributed by atoms with van der Waals surface area (Å²) in [5.74, 6) is -6.90. The number of carbonyl (C=O) groups is 7. The molecular formula is C52H80O22Ru. The molecule has 23 heteroatoms. The SMILES string of the molecule is CC.O=C(CCCO)OCc1ccccc1.[2H]C([2H])(CC(=O)O)C(=O)OCc1ccccc1.[2H]C([2H])(CC(=O)OC(C)(C)C)C(=O)O.[2H]C([2H])(CCO)C(=O)OCc1ccccc1.[2H]C([2H])(CO)CC(=O)OC(C)(C)C.[2H]OC.[O]=[Ru](=[O])(=[O])=[O]. The number of carbonyl (C=O) groups excluding carboxylic acids is 5. The zero-order chi connectivity index (χ0) is 66.6. The van der Waals surface area contributed by atoms with Gasteiger partial charge in [0.15, 0.2) is 0 Å². The molecule has 0 aliphatic rings. The summed E-state index contributed by atoms with van der Waals surface area (Å²) < 4.78 is 122. The van der Waals surface area contributed by atoms with Gasteiger partial charge < -0.3 is 54.3 Å². The molecule has 3 aromatic rings. The van der Waals surface area contributed by atoms with E-state index < -0.39 is 113 Å². The molecule has 3 aromatic carbocycles. The van der Waals surface area contributed by atoms with Gasteiger partial charge in [0.1, 0.15) is 31.0 Å². The van der Waals surface area contributed by atoms with E-state index in [0.717, 1.165) is 11.1 Å². The van der Waals surface area contributed by atoms with Crippen LogP contribution in [-0.2, 0) is 106 Å². The van der Waals surface area contributed by atoms with Gasteiger partial charge in [-0.15, -0.1) is 0 Å². The van der Waals surface area contributed by atoms with E-state index in [0.29, 0.717) is 18.6 Å². The van der Waals surface area contributed by atoms with E-state index in [9.17, 15) is 33.6 Å². The molecule has 0 bridgehead atoms. The van der Waals surface area contributed by atoms with Crippen LogP contribution in [0.15, 0.2) is 91.0 Å². The molecule has 0 saturated carbocycles. The third kappa shape index (κ3) is 69.7. The van der Waals surface area contributed by atoms with Crippen molar-refractivity contribution in [2.24, 2.45) is 0 Å². The number of aliphatic carboxylic acids is 2.